The summed E-state index contributed by atoms with van der Waals surface area (Å²) in [6.07, 6.45) is 0. The molecular formula is C23H28N4O3. The number of hydrogen-bond acceptors (Lipinski definition) is 7. The summed E-state index contributed by atoms with van der Waals surface area (Å²) < 4.78 is 5.36. The molecule has 4 rings (SSSR count). The molecule has 3 aromatic rings. The number of fused-ring (bicyclic) bond motifs is 1. The van der Waals surface area contributed by atoms with Gasteiger partial charge in [-0.15, -0.1) is 0 Å². The predicted molar refractivity (Wildman–Crippen MR) is 117 cm³/mol. The van der Waals surface area contributed by atoms with Crippen LogP contribution in [0.25, 0.3) is 11.0 Å². The zero-order valence-electron chi connectivity index (χ0n) is 18.0. The highest BCUT2D eigenvalue weighted by atomic mass is 16.4. The molecule has 7 heteroatoms. The first-order chi connectivity index (χ1) is 14.3. The number of phenolic OH excluding ortho intramolecular Hbond substituents is 1. The number of aryl methyl sites for hydroxylation is 2. The van der Waals surface area contributed by atoms with Crippen molar-refractivity contribution >= 4 is 16.8 Å². The van der Waals surface area contributed by atoms with E-state index < -0.39 is 0 Å². The number of rotatable bonds is 4. The van der Waals surface area contributed by atoms with Gasteiger partial charge in [0.25, 0.3) is 0 Å². The molecule has 0 radical (unpaired) electrons. The summed E-state index contributed by atoms with van der Waals surface area (Å²) in [4.78, 5) is 26.0. The Labute approximate surface area is 176 Å². The van der Waals surface area contributed by atoms with Crippen LogP contribution < -0.4 is 10.5 Å². The summed E-state index contributed by atoms with van der Waals surface area (Å²) in [6.45, 7) is 12.1. The van der Waals surface area contributed by atoms with Crippen molar-refractivity contribution < 1.29 is 9.52 Å². The quantitative estimate of drug-likeness (QED) is 0.663. The molecule has 158 valence electrons. The Kier molecular flexibility index (Phi) is 5.47. The number of nitrogens with zero attached hydrogens (tertiary/aromatic N) is 4. The normalized spacial score (nSPS) is 15.3. The molecule has 1 saturated heterocycles. The van der Waals surface area contributed by atoms with Crippen molar-refractivity contribution in [1.29, 1.82) is 0 Å². The lowest BCUT2D eigenvalue weighted by Gasteiger charge is -2.35. The molecule has 1 N–H and O–H groups in total. The van der Waals surface area contributed by atoms with Crippen LogP contribution in [0.4, 0.5) is 5.82 Å². The van der Waals surface area contributed by atoms with E-state index in [-0.39, 0.29) is 11.4 Å². The monoisotopic (exact) mass is 408 g/mol. The molecule has 1 aliphatic rings. The maximum absolute atomic E-state index is 12.1. The topological polar surface area (TPSA) is 82.7 Å². The first-order valence-electron chi connectivity index (χ1n) is 10.4. The van der Waals surface area contributed by atoms with Crippen LogP contribution in [0.5, 0.6) is 5.75 Å². The van der Waals surface area contributed by atoms with Crippen LogP contribution in [0.1, 0.15) is 42.4 Å². The Hall–Kier alpha value is -2.93. The largest absolute Gasteiger partial charge is 0.508 e. The molecule has 0 bridgehead atoms. The zero-order valence-corrected chi connectivity index (χ0v) is 18.0. The van der Waals surface area contributed by atoms with Gasteiger partial charge in [0.05, 0.1) is 0 Å². The van der Waals surface area contributed by atoms with Crippen molar-refractivity contribution in [2.24, 2.45) is 0 Å². The van der Waals surface area contributed by atoms with Crippen LogP contribution in [-0.4, -0.2) is 46.2 Å². The van der Waals surface area contributed by atoms with Gasteiger partial charge in [0, 0.05) is 67.4 Å². The van der Waals surface area contributed by atoms with Gasteiger partial charge in [-0.1, -0.05) is 13.8 Å². The second-order valence-corrected chi connectivity index (χ2v) is 8.32. The summed E-state index contributed by atoms with van der Waals surface area (Å²) in [5.41, 5.74) is 2.60. The lowest BCUT2D eigenvalue weighted by molar-refractivity contribution is 0.249. The third-order valence-corrected chi connectivity index (χ3v) is 5.68. The van der Waals surface area contributed by atoms with E-state index >= 15 is 0 Å². The van der Waals surface area contributed by atoms with Gasteiger partial charge in [-0.25, -0.2) is 14.8 Å². The highest BCUT2D eigenvalue weighted by Gasteiger charge is 2.21. The van der Waals surface area contributed by atoms with Crippen LogP contribution in [0.2, 0.25) is 0 Å². The van der Waals surface area contributed by atoms with E-state index in [1.165, 1.54) is 0 Å². The smallest absolute Gasteiger partial charge is 0.336 e. The summed E-state index contributed by atoms with van der Waals surface area (Å²) in [7, 11) is 0. The van der Waals surface area contributed by atoms with Crippen LogP contribution in [0, 0.1) is 13.8 Å². The van der Waals surface area contributed by atoms with Crippen LogP contribution in [-0.2, 0) is 6.54 Å². The predicted octanol–water partition coefficient (Wildman–Crippen LogP) is 3.35. The lowest BCUT2D eigenvalue weighted by atomic mass is 10.1. The van der Waals surface area contributed by atoms with E-state index in [0.717, 1.165) is 54.5 Å². The van der Waals surface area contributed by atoms with Gasteiger partial charge >= 0.3 is 5.63 Å². The number of hydrogen-bond donors (Lipinski definition) is 1. The number of benzene rings is 1. The molecular weight excluding hydrogens is 380 g/mol. The first kappa shape index (κ1) is 20.3. The molecule has 1 aliphatic heterocycles. The van der Waals surface area contributed by atoms with Crippen molar-refractivity contribution in [3.05, 3.63) is 57.3 Å². The molecule has 0 atom stereocenters. The fourth-order valence-corrected chi connectivity index (χ4v) is 3.92. The average Bonchev–Trinajstić information content (AvgIpc) is 2.71. The minimum atomic E-state index is -0.387. The van der Waals surface area contributed by atoms with Crippen molar-refractivity contribution in [1.82, 2.24) is 14.9 Å². The van der Waals surface area contributed by atoms with Crippen molar-refractivity contribution in [3.8, 4) is 5.75 Å². The maximum atomic E-state index is 12.1. The summed E-state index contributed by atoms with van der Waals surface area (Å²) in [5.74, 6) is 2.31. The number of anilines is 1. The molecule has 0 amide bonds. The fourth-order valence-electron chi connectivity index (χ4n) is 3.92. The summed E-state index contributed by atoms with van der Waals surface area (Å²) >= 11 is 0. The van der Waals surface area contributed by atoms with E-state index in [4.69, 9.17) is 9.40 Å². The number of aromatic hydroxyl groups is 1. The third-order valence-electron chi connectivity index (χ3n) is 5.68. The molecule has 3 heterocycles. The summed E-state index contributed by atoms with van der Waals surface area (Å²) in [5, 5.41) is 10.8. The highest BCUT2D eigenvalue weighted by Crippen LogP contribution is 2.28. The standard InChI is InChI=1S/C23H28N4O3/c1-14(2)23-24-15(3)11-20(25-23)27-9-7-26(8-10-27)13-17-12-21(29)30-22-16(4)19(28)6-5-18(17)22/h5-6,11-12,14,28H,7-10,13H2,1-4H3. The second-order valence-electron chi connectivity index (χ2n) is 8.32. The van der Waals surface area contributed by atoms with E-state index in [2.05, 4.69) is 28.6 Å². The van der Waals surface area contributed by atoms with E-state index in [0.29, 0.717) is 23.6 Å². The minimum absolute atomic E-state index is 0.136. The Morgan fingerprint density at radius 2 is 1.83 bits per heavy atom. The van der Waals surface area contributed by atoms with E-state index in [1.807, 2.05) is 19.1 Å². The van der Waals surface area contributed by atoms with Crippen molar-refractivity contribution in [2.45, 2.75) is 40.2 Å². The van der Waals surface area contributed by atoms with Crippen LogP contribution >= 0.6 is 0 Å². The van der Waals surface area contributed by atoms with Gasteiger partial charge < -0.3 is 14.4 Å². The van der Waals surface area contributed by atoms with Crippen LogP contribution in [0.3, 0.4) is 0 Å². The number of piperazine rings is 1. The molecule has 2 aromatic heterocycles. The second kappa shape index (κ2) is 8.07. The Balaban J connectivity index is 1.51. The Morgan fingerprint density at radius 1 is 1.10 bits per heavy atom. The maximum Gasteiger partial charge on any atom is 0.336 e. The van der Waals surface area contributed by atoms with Crippen molar-refractivity contribution in [3.63, 3.8) is 0 Å². The summed E-state index contributed by atoms with van der Waals surface area (Å²) in [6, 6.07) is 7.09. The molecule has 7 nitrogen and oxygen atoms in total. The highest BCUT2D eigenvalue weighted by molar-refractivity contribution is 5.84. The van der Waals surface area contributed by atoms with Gasteiger partial charge in [-0.3, -0.25) is 4.90 Å². The SMILES string of the molecule is Cc1cc(N2CCN(Cc3cc(=O)oc4c(C)c(O)ccc34)CC2)nc(C(C)C)n1. The molecule has 30 heavy (non-hydrogen) atoms. The van der Waals surface area contributed by atoms with E-state index in [1.54, 1.807) is 19.1 Å². The molecule has 0 aliphatic carbocycles. The molecule has 1 aromatic carbocycles. The molecule has 0 saturated carbocycles. The van der Waals surface area contributed by atoms with E-state index in [9.17, 15) is 9.90 Å². The molecule has 0 spiro atoms. The zero-order chi connectivity index (χ0) is 21.4. The molecule has 1 fully saturated rings. The number of aromatic nitrogens is 2. The Bertz CT molecular complexity index is 1130. The van der Waals surface area contributed by atoms with Gasteiger partial charge in [-0.2, -0.15) is 0 Å². The van der Waals surface area contributed by atoms with Gasteiger partial charge in [0.1, 0.15) is 23.0 Å². The average molecular weight is 409 g/mol. The first-order valence-corrected chi connectivity index (χ1v) is 10.4. The van der Waals surface area contributed by atoms with Crippen LogP contribution in [0.15, 0.2) is 33.5 Å². The van der Waals surface area contributed by atoms with Gasteiger partial charge in [-0.05, 0) is 31.5 Å². The van der Waals surface area contributed by atoms with Crippen molar-refractivity contribution in [2.75, 3.05) is 31.1 Å². The van der Waals surface area contributed by atoms with Gasteiger partial charge in [0.2, 0.25) is 0 Å². The minimum Gasteiger partial charge on any atom is -0.508 e. The third kappa shape index (κ3) is 4.03. The fraction of sp³-hybridized carbons (Fsp3) is 0.435. The van der Waals surface area contributed by atoms with Gasteiger partial charge in [0.15, 0.2) is 0 Å². The molecule has 0 unspecified atom stereocenters. The lowest BCUT2D eigenvalue weighted by Crippen LogP contribution is -2.46. The number of phenols is 1. The Morgan fingerprint density at radius 3 is 2.53 bits per heavy atom.